The van der Waals surface area contributed by atoms with E-state index in [0.29, 0.717) is 6.54 Å². The first-order valence-corrected chi connectivity index (χ1v) is 9.50. The number of hydrogen-bond acceptors (Lipinski definition) is 4. The summed E-state index contributed by atoms with van der Waals surface area (Å²) in [5, 5.41) is 6.72. The number of urea groups is 1. The standard InChI is InChI=1S/C21H18N4OS/c26-21(23-13-11-15-6-5-12-22-14-15)25-17-8-2-1-7-16(17)20-24-18-9-3-4-10-19(18)27-20/h1-10,12,14H,11,13H2,(H2,23,25,26). The van der Waals surface area contributed by atoms with Crippen LogP contribution in [0.1, 0.15) is 5.56 Å². The lowest BCUT2D eigenvalue weighted by Gasteiger charge is -2.10. The molecule has 0 saturated heterocycles. The molecule has 134 valence electrons. The van der Waals surface area contributed by atoms with Gasteiger partial charge in [0.25, 0.3) is 0 Å². The largest absolute Gasteiger partial charge is 0.338 e. The average molecular weight is 374 g/mol. The van der Waals surface area contributed by atoms with Gasteiger partial charge in [-0.3, -0.25) is 4.98 Å². The molecule has 5 nitrogen and oxygen atoms in total. The van der Waals surface area contributed by atoms with Crippen molar-refractivity contribution >= 4 is 33.3 Å². The molecule has 0 unspecified atom stereocenters. The summed E-state index contributed by atoms with van der Waals surface area (Å²) in [6.07, 6.45) is 4.28. The van der Waals surface area contributed by atoms with Gasteiger partial charge in [0.05, 0.1) is 15.9 Å². The number of carbonyl (C=O) groups excluding carboxylic acids is 1. The Balaban J connectivity index is 1.45. The van der Waals surface area contributed by atoms with Gasteiger partial charge in [0.2, 0.25) is 0 Å². The molecule has 2 aromatic heterocycles. The maximum absolute atomic E-state index is 12.3. The summed E-state index contributed by atoms with van der Waals surface area (Å²) in [6, 6.07) is 19.4. The van der Waals surface area contributed by atoms with E-state index in [2.05, 4.69) is 21.7 Å². The number of para-hydroxylation sites is 2. The van der Waals surface area contributed by atoms with Crippen molar-refractivity contribution in [2.45, 2.75) is 6.42 Å². The smallest absolute Gasteiger partial charge is 0.319 e. The van der Waals surface area contributed by atoms with Crippen molar-refractivity contribution < 1.29 is 4.79 Å². The van der Waals surface area contributed by atoms with Crippen molar-refractivity contribution in [3.05, 3.63) is 78.6 Å². The Bertz CT molecular complexity index is 1030. The number of hydrogen-bond donors (Lipinski definition) is 2. The van der Waals surface area contributed by atoms with E-state index < -0.39 is 0 Å². The van der Waals surface area contributed by atoms with Gasteiger partial charge in [-0.1, -0.05) is 30.3 Å². The average Bonchev–Trinajstić information content (AvgIpc) is 3.13. The normalized spacial score (nSPS) is 10.7. The van der Waals surface area contributed by atoms with Crippen LogP contribution >= 0.6 is 11.3 Å². The van der Waals surface area contributed by atoms with Crippen LogP contribution in [0, 0.1) is 0 Å². The van der Waals surface area contributed by atoms with Crippen LogP contribution in [0.2, 0.25) is 0 Å². The van der Waals surface area contributed by atoms with Crippen LogP contribution in [0.5, 0.6) is 0 Å². The summed E-state index contributed by atoms with van der Waals surface area (Å²) in [5.74, 6) is 0. The fourth-order valence-corrected chi connectivity index (χ4v) is 3.80. The lowest BCUT2D eigenvalue weighted by atomic mass is 10.2. The minimum absolute atomic E-state index is 0.229. The van der Waals surface area contributed by atoms with Crippen molar-refractivity contribution in [2.75, 3.05) is 11.9 Å². The molecule has 0 fully saturated rings. The van der Waals surface area contributed by atoms with Crippen LogP contribution in [-0.4, -0.2) is 22.5 Å². The highest BCUT2D eigenvalue weighted by Crippen LogP contribution is 2.34. The lowest BCUT2D eigenvalue weighted by molar-refractivity contribution is 0.252. The molecule has 2 N–H and O–H groups in total. The quantitative estimate of drug-likeness (QED) is 0.531. The number of benzene rings is 2. The van der Waals surface area contributed by atoms with Crippen molar-refractivity contribution in [1.29, 1.82) is 0 Å². The summed E-state index contributed by atoms with van der Waals surface area (Å²) >= 11 is 1.62. The van der Waals surface area contributed by atoms with Crippen molar-refractivity contribution in [3.63, 3.8) is 0 Å². The van der Waals surface area contributed by atoms with E-state index in [0.717, 1.165) is 38.5 Å². The first-order chi connectivity index (χ1) is 13.3. The molecule has 0 bridgehead atoms. The van der Waals surface area contributed by atoms with Gasteiger partial charge >= 0.3 is 6.03 Å². The van der Waals surface area contributed by atoms with E-state index in [-0.39, 0.29) is 6.03 Å². The van der Waals surface area contributed by atoms with Gasteiger partial charge in [-0.05, 0) is 42.3 Å². The van der Waals surface area contributed by atoms with Gasteiger partial charge in [-0.2, -0.15) is 0 Å². The Morgan fingerprint density at radius 3 is 2.70 bits per heavy atom. The summed E-state index contributed by atoms with van der Waals surface area (Å²) in [5.41, 5.74) is 3.72. The molecule has 0 aliphatic heterocycles. The molecule has 2 aromatic carbocycles. The third-order valence-electron chi connectivity index (χ3n) is 4.12. The third-order valence-corrected chi connectivity index (χ3v) is 5.19. The maximum Gasteiger partial charge on any atom is 0.319 e. The zero-order chi connectivity index (χ0) is 18.5. The zero-order valence-electron chi connectivity index (χ0n) is 14.6. The highest BCUT2D eigenvalue weighted by Gasteiger charge is 2.12. The highest BCUT2D eigenvalue weighted by molar-refractivity contribution is 7.21. The van der Waals surface area contributed by atoms with Gasteiger partial charge in [-0.15, -0.1) is 11.3 Å². The van der Waals surface area contributed by atoms with Gasteiger partial charge in [-0.25, -0.2) is 9.78 Å². The zero-order valence-corrected chi connectivity index (χ0v) is 15.4. The molecule has 0 radical (unpaired) electrons. The Kier molecular flexibility index (Phi) is 5.07. The molecule has 4 aromatic rings. The van der Waals surface area contributed by atoms with E-state index in [1.54, 1.807) is 17.5 Å². The van der Waals surface area contributed by atoms with Crippen LogP contribution in [-0.2, 0) is 6.42 Å². The highest BCUT2D eigenvalue weighted by atomic mass is 32.1. The number of anilines is 1. The minimum atomic E-state index is -0.229. The van der Waals surface area contributed by atoms with E-state index >= 15 is 0 Å². The van der Waals surface area contributed by atoms with E-state index in [9.17, 15) is 4.79 Å². The number of carbonyl (C=O) groups is 1. The molecule has 0 atom stereocenters. The van der Waals surface area contributed by atoms with Crippen LogP contribution in [0.15, 0.2) is 73.1 Å². The fourth-order valence-electron chi connectivity index (χ4n) is 2.80. The molecule has 4 rings (SSSR count). The predicted octanol–water partition coefficient (Wildman–Crippen LogP) is 4.72. The predicted molar refractivity (Wildman–Crippen MR) is 110 cm³/mol. The topological polar surface area (TPSA) is 66.9 Å². The SMILES string of the molecule is O=C(NCCc1cccnc1)Nc1ccccc1-c1nc2ccccc2s1. The molecule has 0 spiro atoms. The first-order valence-electron chi connectivity index (χ1n) is 8.68. The number of pyridine rings is 1. The van der Waals surface area contributed by atoms with Gasteiger partial charge in [0.15, 0.2) is 0 Å². The molecule has 2 heterocycles. The summed E-state index contributed by atoms with van der Waals surface area (Å²) in [4.78, 5) is 21.1. The number of aromatic nitrogens is 2. The fraction of sp³-hybridized carbons (Fsp3) is 0.0952. The van der Waals surface area contributed by atoms with E-state index in [4.69, 9.17) is 4.98 Å². The molecular formula is C21H18N4OS. The summed E-state index contributed by atoms with van der Waals surface area (Å²) in [6.45, 7) is 0.542. The first kappa shape index (κ1) is 17.2. The van der Waals surface area contributed by atoms with Crippen molar-refractivity contribution in [2.24, 2.45) is 0 Å². The van der Waals surface area contributed by atoms with Crippen LogP contribution in [0.3, 0.4) is 0 Å². The number of fused-ring (bicyclic) bond motifs is 1. The molecule has 6 heteroatoms. The molecular weight excluding hydrogens is 356 g/mol. The Morgan fingerprint density at radius 1 is 1.00 bits per heavy atom. The number of rotatable bonds is 5. The van der Waals surface area contributed by atoms with E-state index in [1.165, 1.54) is 0 Å². The third kappa shape index (κ3) is 4.12. The van der Waals surface area contributed by atoms with Gasteiger partial charge in [0.1, 0.15) is 5.01 Å². The Morgan fingerprint density at radius 2 is 1.85 bits per heavy atom. The van der Waals surface area contributed by atoms with Crippen LogP contribution in [0.25, 0.3) is 20.8 Å². The van der Waals surface area contributed by atoms with Crippen LogP contribution < -0.4 is 10.6 Å². The van der Waals surface area contributed by atoms with Crippen molar-refractivity contribution in [1.82, 2.24) is 15.3 Å². The second kappa shape index (κ2) is 7.97. The van der Waals surface area contributed by atoms with E-state index in [1.807, 2.05) is 60.8 Å². The molecule has 0 aliphatic rings. The Labute approximate surface area is 161 Å². The second-order valence-electron chi connectivity index (χ2n) is 6.02. The minimum Gasteiger partial charge on any atom is -0.338 e. The lowest BCUT2D eigenvalue weighted by Crippen LogP contribution is -2.30. The molecule has 27 heavy (non-hydrogen) atoms. The monoisotopic (exact) mass is 374 g/mol. The number of thiazole rings is 1. The number of amides is 2. The number of nitrogens with one attached hydrogen (secondary N) is 2. The van der Waals surface area contributed by atoms with Gasteiger partial charge in [0, 0.05) is 24.5 Å². The molecule has 2 amide bonds. The summed E-state index contributed by atoms with van der Waals surface area (Å²) in [7, 11) is 0. The summed E-state index contributed by atoms with van der Waals surface area (Å²) < 4.78 is 1.13. The van der Waals surface area contributed by atoms with Gasteiger partial charge < -0.3 is 10.6 Å². The van der Waals surface area contributed by atoms with Crippen molar-refractivity contribution in [3.8, 4) is 10.6 Å². The van der Waals surface area contributed by atoms with Crippen LogP contribution in [0.4, 0.5) is 10.5 Å². The maximum atomic E-state index is 12.3. The second-order valence-corrected chi connectivity index (χ2v) is 7.06. The molecule has 0 aliphatic carbocycles. The Hall–Kier alpha value is -3.25. The number of nitrogens with zero attached hydrogens (tertiary/aromatic N) is 2. The molecule has 0 saturated carbocycles.